The van der Waals surface area contributed by atoms with Crippen molar-refractivity contribution in [1.82, 2.24) is 9.47 Å². The number of rotatable bonds is 4. The average molecular weight is 385 g/mol. The predicted octanol–water partition coefficient (Wildman–Crippen LogP) is 3.90. The number of fused-ring (bicyclic) bond motifs is 1. The maximum atomic E-state index is 12.9. The third kappa shape index (κ3) is 3.80. The van der Waals surface area contributed by atoms with E-state index in [0.717, 1.165) is 22.2 Å². The Morgan fingerprint density at radius 1 is 1.22 bits per heavy atom. The van der Waals surface area contributed by atoms with Crippen molar-refractivity contribution >= 4 is 28.4 Å². The molecule has 27 heavy (non-hydrogen) atoms. The van der Waals surface area contributed by atoms with E-state index in [1.54, 1.807) is 7.11 Å². The molecule has 0 radical (unpaired) electrons. The summed E-state index contributed by atoms with van der Waals surface area (Å²) in [4.78, 5) is 14.7. The lowest BCUT2D eigenvalue weighted by Crippen LogP contribution is -2.43. The molecule has 3 aromatic rings. The highest BCUT2D eigenvalue weighted by molar-refractivity contribution is 6.30. The number of ether oxygens (including phenoxy) is 2. The Morgan fingerprint density at radius 3 is 2.81 bits per heavy atom. The molecule has 0 N–H and O–H groups in total. The third-order valence-corrected chi connectivity index (χ3v) is 5.20. The Kier molecular flexibility index (Phi) is 5.05. The lowest BCUT2D eigenvalue weighted by molar-refractivity contribution is -0.139. The van der Waals surface area contributed by atoms with Gasteiger partial charge in [0, 0.05) is 28.7 Å². The van der Waals surface area contributed by atoms with Gasteiger partial charge in [0.15, 0.2) is 0 Å². The van der Waals surface area contributed by atoms with Crippen LogP contribution in [0.25, 0.3) is 10.9 Å². The number of carbonyl (C=O) groups is 1. The van der Waals surface area contributed by atoms with Crippen LogP contribution in [0.3, 0.4) is 0 Å². The van der Waals surface area contributed by atoms with Crippen molar-refractivity contribution in [3.63, 3.8) is 0 Å². The van der Waals surface area contributed by atoms with Gasteiger partial charge in [-0.25, -0.2) is 0 Å². The van der Waals surface area contributed by atoms with Crippen LogP contribution in [0, 0.1) is 0 Å². The number of carbonyl (C=O) groups excluding carboxylic acids is 1. The van der Waals surface area contributed by atoms with E-state index in [1.807, 2.05) is 64.2 Å². The molecular formula is C21H21ClN2O3. The fourth-order valence-electron chi connectivity index (χ4n) is 3.44. The van der Waals surface area contributed by atoms with Gasteiger partial charge in [-0.2, -0.15) is 0 Å². The number of halogens is 1. The maximum absolute atomic E-state index is 12.9. The van der Waals surface area contributed by atoms with E-state index >= 15 is 0 Å². The van der Waals surface area contributed by atoms with Crippen molar-refractivity contribution in [2.45, 2.75) is 12.6 Å². The fraction of sp³-hybridized carbons (Fsp3) is 0.286. The summed E-state index contributed by atoms with van der Waals surface area (Å²) < 4.78 is 13.1. The number of morpholine rings is 1. The van der Waals surface area contributed by atoms with E-state index in [1.165, 1.54) is 0 Å². The summed E-state index contributed by atoms with van der Waals surface area (Å²) in [6.07, 6.45) is 1.82. The first kappa shape index (κ1) is 17.9. The zero-order chi connectivity index (χ0) is 18.8. The SMILES string of the molecule is COc1ccc2c(ccn2CC(=O)N2CCOC(c3ccc(Cl)cc3)C2)c1. The van der Waals surface area contributed by atoms with Crippen LogP contribution in [0.15, 0.2) is 54.7 Å². The number of benzene rings is 2. The topological polar surface area (TPSA) is 43.7 Å². The van der Waals surface area contributed by atoms with E-state index in [0.29, 0.717) is 31.3 Å². The molecule has 0 spiro atoms. The molecule has 140 valence electrons. The second kappa shape index (κ2) is 7.62. The van der Waals surface area contributed by atoms with Gasteiger partial charge in [-0.3, -0.25) is 4.79 Å². The first-order chi connectivity index (χ1) is 13.1. The molecule has 1 unspecified atom stereocenters. The molecule has 1 saturated heterocycles. The Bertz CT molecular complexity index is 952. The molecule has 5 nitrogen and oxygen atoms in total. The van der Waals surface area contributed by atoms with Crippen molar-refractivity contribution < 1.29 is 14.3 Å². The molecule has 0 saturated carbocycles. The molecule has 1 aliphatic rings. The van der Waals surface area contributed by atoms with E-state index in [9.17, 15) is 4.79 Å². The Labute approximate surface area is 163 Å². The van der Waals surface area contributed by atoms with Crippen molar-refractivity contribution in [3.8, 4) is 5.75 Å². The Hall–Kier alpha value is -2.50. The standard InChI is InChI=1S/C21H21ClN2O3/c1-26-18-6-7-19-16(12-18)8-9-23(19)14-21(25)24-10-11-27-20(13-24)15-2-4-17(22)5-3-15/h2-9,12,20H,10-11,13-14H2,1H3. The summed E-state index contributed by atoms with van der Waals surface area (Å²) in [6.45, 7) is 2.00. The summed E-state index contributed by atoms with van der Waals surface area (Å²) in [7, 11) is 1.65. The van der Waals surface area contributed by atoms with Crippen LogP contribution < -0.4 is 4.74 Å². The normalized spacial score (nSPS) is 17.3. The second-order valence-electron chi connectivity index (χ2n) is 6.62. The molecule has 1 aliphatic heterocycles. The molecule has 0 aliphatic carbocycles. The predicted molar refractivity (Wildman–Crippen MR) is 105 cm³/mol. The van der Waals surface area contributed by atoms with Gasteiger partial charge in [0.2, 0.25) is 5.91 Å². The summed E-state index contributed by atoms with van der Waals surface area (Å²) >= 11 is 5.96. The number of hydrogen-bond donors (Lipinski definition) is 0. The maximum Gasteiger partial charge on any atom is 0.242 e. The van der Waals surface area contributed by atoms with Gasteiger partial charge in [0.25, 0.3) is 0 Å². The lowest BCUT2D eigenvalue weighted by Gasteiger charge is -2.33. The summed E-state index contributed by atoms with van der Waals surface area (Å²) in [5.41, 5.74) is 2.06. The zero-order valence-electron chi connectivity index (χ0n) is 15.1. The minimum atomic E-state index is -0.120. The molecule has 1 aromatic heterocycles. The molecule has 0 bridgehead atoms. The smallest absolute Gasteiger partial charge is 0.242 e. The van der Waals surface area contributed by atoms with E-state index in [4.69, 9.17) is 21.1 Å². The second-order valence-corrected chi connectivity index (χ2v) is 7.06. The Morgan fingerprint density at radius 2 is 2.04 bits per heavy atom. The van der Waals surface area contributed by atoms with E-state index < -0.39 is 0 Å². The van der Waals surface area contributed by atoms with Crippen LogP contribution in [0.2, 0.25) is 5.02 Å². The minimum absolute atomic E-state index is 0.0885. The van der Waals surface area contributed by atoms with Crippen LogP contribution in [0.1, 0.15) is 11.7 Å². The van der Waals surface area contributed by atoms with E-state index in [-0.39, 0.29) is 12.0 Å². The van der Waals surface area contributed by atoms with Crippen LogP contribution in [0.4, 0.5) is 0 Å². The van der Waals surface area contributed by atoms with Crippen molar-refractivity contribution in [2.24, 2.45) is 0 Å². The molecule has 1 amide bonds. The average Bonchev–Trinajstić information content (AvgIpc) is 3.10. The van der Waals surface area contributed by atoms with Gasteiger partial charge in [-0.15, -0.1) is 0 Å². The quantitative estimate of drug-likeness (QED) is 0.685. The highest BCUT2D eigenvalue weighted by atomic mass is 35.5. The molecule has 2 aromatic carbocycles. The van der Waals surface area contributed by atoms with Crippen molar-refractivity contribution in [1.29, 1.82) is 0 Å². The fourth-order valence-corrected chi connectivity index (χ4v) is 3.57. The van der Waals surface area contributed by atoms with Gasteiger partial charge in [0.05, 0.1) is 20.3 Å². The van der Waals surface area contributed by atoms with Gasteiger partial charge in [-0.1, -0.05) is 23.7 Å². The number of amides is 1. The summed E-state index contributed by atoms with van der Waals surface area (Å²) in [6, 6.07) is 15.5. The summed E-state index contributed by atoms with van der Waals surface area (Å²) in [5.74, 6) is 0.899. The lowest BCUT2D eigenvalue weighted by atomic mass is 10.1. The van der Waals surface area contributed by atoms with Crippen LogP contribution in [-0.2, 0) is 16.1 Å². The van der Waals surface area contributed by atoms with Crippen molar-refractivity contribution in [3.05, 3.63) is 65.3 Å². The molecule has 1 atom stereocenters. The first-order valence-electron chi connectivity index (χ1n) is 8.92. The van der Waals surface area contributed by atoms with E-state index in [2.05, 4.69) is 0 Å². The van der Waals surface area contributed by atoms with Gasteiger partial charge >= 0.3 is 0 Å². The molecule has 6 heteroatoms. The zero-order valence-corrected chi connectivity index (χ0v) is 15.9. The third-order valence-electron chi connectivity index (χ3n) is 4.94. The Balaban J connectivity index is 1.47. The largest absolute Gasteiger partial charge is 0.497 e. The summed E-state index contributed by atoms with van der Waals surface area (Å²) in [5, 5.41) is 1.75. The molecule has 4 rings (SSSR count). The molecule has 1 fully saturated rings. The number of aromatic nitrogens is 1. The van der Waals surface area contributed by atoms with Crippen LogP contribution in [0.5, 0.6) is 5.75 Å². The van der Waals surface area contributed by atoms with Gasteiger partial charge in [0.1, 0.15) is 18.4 Å². The minimum Gasteiger partial charge on any atom is -0.497 e. The number of hydrogen-bond acceptors (Lipinski definition) is 3. The van der Waals surface area contributed by atoms with Gasteiger partial charge < -0.3 is 18.9 Å². The van der Waals surface area contributed by atoms with Gasteiger partial charge in [-0.05, 0) is 42.0 Å². The first-order valence-corrected chi connectivity index (χ1v) is 9.29. The highest BCUT2D eigenvalue weighted by Gasteiger charge is 2.25. The monoisotopic (exact) mass is 384 g/mol. The van der Waals surface area contributed by atoms with Crippen molar-refractivity contribution in [2.75, 3.05) is 26.8 Å². The van der Waals surface area contributed by atoms with Crippen LogP contribution in [-0.4, -0.2) is 42.2 Å². The van der Waals surface area contributed by atoms with Crippen LogP contribution >= 0.6 is 11.6 Å². The number of nitrogens with zero attached hydrogens (tertiary/aromatic N) is 2. The number of methoxy groups -OCH3 is 1. The molecular weight excluding hydrogens is 364 g/mol. The molecule has 2 heterocycles. The highest BCUT2D eigenvalue weighted by Crippen LogP contribution is 2.25.